The monoisotopic (exact) mass is 307 g/mol. The second kappa shape index (κ2) is 6.80. The Labute approximate surface area is 137 Å². The molecule has 0 spiro atoms. The molecule has 2 aromatic carbocycles. The number of carbonyl (C=O) groups excluding carboxylic acids is 1. The van der Waals surface area contributed by atoms with Gasteiger partial charge < -0.3 is 9.64 Å². The predicted octanol–water partition coefficient (Wildman–Crippen LogP) is 4.15. The number of benzene rings is 2. The number of fused-ring (bicyclic) bond motifs is 1. The van der Waals surface area contributed by atoms with Crippen molar-refractivity contribution < 1.29 is 9.53 Å². The number of amides is 1. The molecule has 1 aliphatic rings. The van der Waals surface area contributed by atoms with Gasteiger partial charge in [0.25, 0.3) is 5.91 Å². The van der Waals surface area contributed by atoms with Crippen LogP contribution < -0.4 is 0 Å². The highest BCUT2D eigenvalue weighted by Crippen LogP contribution is 2.41. The van der Waals surface area contributed by atoms with Crippen molar-refractivity contribution in [3.63, 3.8) is 0 Å². The Morgan fingerprint density at radius 2 is 1.87 bits per heavy atom. The van der Waals surface area contributed by atoms with Crippen LogP contribution in [0.25, 0.3) is 0 Å². The van der Waals surface area contributed by atoms with Crippen LogP contribution in [0.3, 0.4) is 0 Å². The lowest BCUT2D eigenvalue weighted by atomic mass is 10.0. The summed E-state index contributed by atoms with van der Waals surface area (Å²) in [6.07, 6.45) is 2.61. The number of ether oxygens (including phenoxy) is 1. The normalized spacial score (nSPS) is 17.9. The molecule has 0 bridgehead atoms. The first-order valence-corrected chi connectivity index (χ1v) is 7.84. The van der Waals surface area contributed by atoms with Gasteiger partial charge in [-0.3, -0.25) is 4.79 Å². The first kappa shape index (κ1) is 15.5. The standard InChI is InChI=1S/C20H21NO2/c1-3-9-18-16-12-7-8-13-17(16)20(22)21(18)19(14-23-2)15-10-5-4-6-11-15/h3-8,10-13,18-19H,1,9,14H2,2H3/t18-,19+/m1/s1. The fraction of sp³-hybridized carbons (Fsp3) is 0.250. The molecule has 0 radical (unpaired) electrons. The van der Waals surface area contributed by atoms with Crippen LogP contribution in [0.5, 0.6) is 0 Å². The maximum Gasteiger partial charge on any atom is 0.255 e. The highest BCUT2D eigenvalue weighted by atomic mass is 16.5. The van der Waals surface area contributed by atoms with E-state index in [-0.39, 0.29) is 18.0 Å². The summed E-state index contributed by atoms with van der Waals surface area (Å²) in [5.74, 6) is 0.0679. The van der Waals surface area contributed by atoms with Gasteiger partial charge in [0.15, 0.2) is 0 Å². The molecule has 0 aliphatic carbocycles. The lowest BCUT2D eigenvalue weighted by molar-refractivity contribution is 0.0449. The Kier molecular flexibility index (Phi) is 4.58. The average Bonchev–Trinajstić information content (AvgIpc) is 2.87. The Hall–Kier alpha value is -2.39. The SMILES string of the molecule is C=CC[C@@H]1c2ccccc2C(=O)N1[C@@H](COC)c1ccccc1. The number of rotatable bonds is 6. The zero-order valence-electron chi connectivity index (χ0n) is 13.3. The second-order valence-corrected chi connectivity index (χ2v) is 5.72. The molecule has 118 valence electrons. The molecule has 0 fully saturated rings. The summed E-state index contributed by atoms with van der Waals surface area (Å²) in [7, 11) is 1.67. The molecule has 1 aliphatic heterocycles. The molecular formula is C20H21NO2. The largest absolute Gasteiger partial charge is 0.382 e. The van der Waals surface area contributed by atoms with Crippen molar-refractivity contribution in [2.75, 3.05) is 13.7 Å². The van der Waals surface area contributed by atoms with Gasteiger partial charge in [-0.2, -0.15) is 0 Å². The van der Waals surface area contributed by atoms with Crippen LogP contribution in [0, 0.1) is 0 Å². The molecule has 23 heavy (non-hydrogen) atoms. The van der Waals surface area contributed by atoms with Crippen molar-refractivity contribution in [3.8, 4) is 0 Å². The van der Waals surface area contributed by atoms with E-state index in [1.165, 1.54) is 0 Å². The summed E-state index contributed by atoms with van der Waals surface area (Å²) in [5, 5.41) is 0. The van der Waals surface area contributed by atoms with Gasteiger partial charge in [-0.05, 0) is 23.6 Å². The van der Waals surface area contributed by atoms with Crippen LogP contribution >= 0.6 is 0 Å². The van der Waals surface area contributed by atoms with Crippen molar-refractivity contribution in [2.24, 2.45) is 0 Å². The summed E-state index contributed by atoms with van der Waals surface area (Å²) < 4.78 is 5.42. The van der Waals surface area contributed by atoms with E-state index in [4.69, 9.17) is 4.74 Å². The minimum absolute atomic E-state index is 0.0107. The Bertz CT molecular complexity index is 696. The highest BCUT2D eigenvalue weighted by Gasteiger charge is 2.40. The maximum absolute atomic E-state index is 13.0. The summed E-state index contributed by atoms with van der Waals surface area (Å²) in [5.41, 5.74) is 2.95. The van der Waals surface area contributed by atoms with Crippen molar-refractivity contribution >= 4 is 5.91 Å². The third-order valence-corrected chi connectivity index (χ3v) is 4.36. The van der Waals surface area contributed by atoms with Crippen LogP contribution in [0.2, 0.25) is 0 Å². The van der Waals surface area contributed by atoms with Gasteiger partial charge in [-0.15, -0.1) is 6.58 Å². The Morgan fingerprint density at radius 3 is 2.57 bits per heavy atom. The third kappa shape index (κ3) is 2.80. The highest BCUT2D eigenvalue weighted by molar-refractivity contribution is 5.99. The smallest absolute Gasteiger partial charge is 0.255 e. The van der Waals surface area contributed by atoms with Gasteiger partial charge in [0.05, 0.1) is 18.7 Å². The number of carbonyl (C=O) groups is 1. The first-order valence-electron chi connectivity index (χ1n) is 7.84. The lowest BCUT2D eigenvalue weighted by Gasteiger charge is -2.33. The van der Waals surface area contributed by atoms with Crippen LogP contribution in [0.4, 0.5) is 0 Å². The molecule has 1 amide bonds. The van der Waals surface area contributed by atoms with Crippen molar-refractivity contribution in [2.45, 2.75) is 18.5 Å². The fourth-order valence-electron chi connectivity index (χ4n) is 3.34. The van der Waals surface area contributed by atoms with E-state index in [1.807, 2.05) is 65.6 Å². The number of hydrogen-bond acceptors (Lipinski definition) is 2. The van der Waals surface area contributed by atoms with Gasteiger partial charge in [0.1, 0.15) is 0 Å². The zero-order chi connectivity index (χ0) is 16.2. The molecule has 0 unspecified atom stereocenters. The van der Waals surface area contributed by atoms with Crippen molar-refractivity contribution in [3.05, 3.63) is 83.9 Å². The molecule has 2 aromatic rings. The molecule has 3 nitrogen and oxygen atoms in total. The predicted molar refractivity (Wildman–Crippen MR) is 91.2 cm³/mol. The minimum Gasteiger partial charge on any atom is -0.382 e. The van der Waals surface area contributed by atoms with Crippen LogP contribution in [0.15, 0.2) is 67.3 Å². The molecule has 0 aromatic heterocycles. The molecular weight excluding hydrogens is 286 g/mol. The molecule has 2 atom stereocenters. The van der Waals surface area contributed by atoms with Crippen molar-refractivity contribution in [1.82, 2.24) is 4.90 Å². The van der Waals surface area contributed by atoms with Crippen molar-refractivity contribution in [1.29, 1.82) is 0 Å². The maximum atomic E-state index is 13.0. The Morgan fingerprint density at radius 1 is 1.17 bits per heavy atom. The first-order chi connectivity index (χ1) is 11.3. The van der Waals surface area contributed by atoms with E-state index in [0.717, 1.165) is 23.1 Å². The second-order valence-electron chi connectivity index (χ2n) is 5.72. The molecule has 0 N–H and O–H groups in total. The Balaban J connectivity index is 2.05. The lowest BCUT2D eigenvalue weighted by Crippen LogP contribution is -2.35. The summed E-state index contributed by atoms with van der Waals surface area (Å²) in [6.45, 7) is 4.34. The van der Waals surface area contributed by atoms with E-state index in [1.54, 1.807) is 7.11 Å². The summed E-state index contributed by atoms with van der Waals surface area (Å²) >= 11 is 0. The summed E-state index contributed by atoms with van der Waals surface area (Å²) in [6, 6.07) is 17.8. The summed E-state index contributed by atoms with van der Waals surface area (Å²) in [4.78, 5) is 15.0. The van der Waals surface area contributed by atoms with E-state index in [2.05, 4.69) is 6.58 Å². The van der Waals surface area contributed by atoms with Crippen LogP contribution in [-0.4, -0.2) is 24.5 Å². The topological polar surface area (TPSA) is 29.5 Å². The molecule has 1 heterocycles. The van der Waals surface area contributed by atoms with Crippen LogP contribution in [0.1, 0.15) is 40.0 Å². The number of methoxy groups -OCH3 is 1. The number of hydrogen-bond donors (Lipinski definition) is 0. The van der Waals surface area contributed by atoms with E-state index >= 15 is 0 Å². The molecule has 0 saturated carbocycles. The quantitative estimate of drug-likeness (QED) is 0.750. The van der Waals surface area contributed by atoms with Gasteiger partial charge in [0, 0.05) is 12.7 Å². The van der Waals surface area contributed by atoms with E-state index in [9.17, 15) is 4.79 Å². The molecule has 3 heteroatoms. The molecule has 3 rings (SSSR count). The van der Waals surface area contributed by atoms with Crippen LogP contribution in [-0.2, 0) is 4.74 Å². The van der Waals surface area contributed by atoms with Gasteiger partial charge in [-0.25, -0.2) is 0 Å². The minimum atomic E-state index is -0.106. The fourth-order valence-corrected chi connectivity index (χ4v) is 3.34. The third-order valence-electron chi connectivity index (χ3n) is 4.36. The molecule has 0 saturated heterocycles. The number of nitrogens with zero attached hydrogens (tertiary/aromatic N) is 1. The zero-order valence-corrected chi connectivity index (χ0v) is 13.3. The van der Waals surface area contributed by atoms with E-state index < -0.39 is 0 Å². The van der Waals surface area contributed by atoms with E-state index in [0.29, 0.717) is 6.61 Å². The average molecular weight is 307 g/mol. The van der Waals surface area contributed by atoms with Gasteiger partial charge in [0.2, 0.25) is 0 Å². The van der Waals surface area contributed by atoms with Gasteiger partial charge in [-0.1, -0.05) is 54.6 Å². The van der Waals surface area contributed by atoms with Gasteiger partial charge >= 0.3 is 0 Å².